The maximum absolute atomic E-state index is 5.13. The van der Waals surface area contributed by atoms with Gasteiger partial charge in [-0.05, 0) is 0 Å². The summed E-state index contributed by atoms with van der Waals surface area (Å²) in [5, 5.41) is 16.7. The summed E-state index contributed by atoms with van der Waals surface area (Å²) in [5.74, 6) is 0.852. The number of aromatic nitrogens is 4. The SMILES string of the molecule is [Al][O]C([O][Al])c1ccc(-c2nnc(-c3ccc(C([O][Al])[O][Al])cc3)nn2)cc1. The van der Waals surface area contributed by atoms with Gasteiger partial charge in [0.05, 0.1) is 0 Å². The summed E-state index contributed by atoms with van der Waals surface area (Å²) >= 11 is 8.71. The Morgan fingerprint density at radius 2 is 0.786 bits per heavy atom. The topological polar surface area (TPSA) is 88.5 Å². The van der Waals surface area contributed by atoms with E-state index in [-0.39, 0.29) is 0 Å². The van der Waals surface area contributed by atoms with Crippen molar-refractivity contribution >= 4 is 66.5 Å². The summed E-state index contributed by atoms with van der Waals surface area (Å²) in [7, 11) is 0. The highest BCUT2D eigenvalue weighted by Gasteiger charge is 2.11. The molecule has 130 valence electrons. The molecule has 0 fully saturated rings. The third-order valence-electron chi connectivity index (χ3n) is 3.86. The van der Waals surface area contributed by atoms with Crippen molar-refractivity contribution in [1.82, 2.24) is 20.4 Å². The smallest absolute Gasteiger partial charge is 0.373 e. The third-order valence-corrected chi connectivity index (χ3v) is 4.84. The normalized spacial score (nSPS) is 11.2. The molecular weight excluding hydrogens is 420 g/mol. The van der Waals surface area contributed by atoms with E-state index < -0.39 is 12.6 Å². The van der Waals surface area contributed by atoms with Crippen molar-refractivity contribution in [2.45, 2.75) is 12.6 Å². The van der Waals surface area contributed by atoms with Crippen LogP contribution in [0.4, 0.5) is 0 Å². The average Bonchev–Trinajstić information content (AvgIpc) is 2.77. The predicted molar refractivity (Wildman–Crippen MR) is 101 cm³/mol. The highest BCUT2D eigenvalue weighted by Crippen LogP contribution is 2.23. The van der Waals surface area contributed by atoms with Gasteiger partial charge >= 0.3 is 66.5 Å². The van der Waals surface area contributed by atoms with Gasteiger partial charge in [0.1, 0.15) is 12.6 Å². The molecule has 0 bridgehead atoms. The van der Waals surface area contributed by atoms with E-state index in [4.69, 9.17) is 15.2 Å². The van der Waals surface area contributed by atoms with Gasteiger partial charge in [-0.1, -0.05) is 48.5 Å². The monoisotopic (exact) mass is 430 g/mol. The molecule has 0 amide bonds. The van der Waals surface area contributed by atoms with Crippen molar-refractivity contribution < 1.29 is 15.2 Å². The second kappa shape index (κ2) is 10.9. The Morgan fingerprint density at radius 3 is 1.04 bits per heavy atom. The standard InChI is InChI=1S/C16H10N4O4.4Al/c21-15(22)11-5-1-9(2-6-11)13-17-19-14(20-18-13)10-3-7-12(8-4-10)16(23)24;;;;/h1-8,15-16H;;;;/q-4;4*+1. The Bertz CT molecular complexity index is 802. The van der Waals surface area contributed by atoms with E-state index in [1.807, 2.05) is 48.5 Å². The number of nitrogens with zero attached hydrogens (tertiary/aromatic N) is 4. The van der Waals surface area contributed by atoms with Crippen molar-refractivity contribution in [3.8, 4) is 22.8 Å². The molecule has 0 N–H and O–H groups in total. The van der Waals surface area contributed by atoms with Gasteiger partial charge < -0.3 is 15.2 Å². The molecule has 0 saturated heterocycles. The van der Waals surface area contributed by atoms with Crippen molar-refractivity contribution in [1.29, 1.82) is 0 Å². The second-order valence-electron chi connectivity index (χ2n) is 5.50. The van der Waals surface area contributed by atoms with Gasteiger partial charge in [0, 0.05) is 22.3 Å². The molecule has 0 aliphatic rings. The minimum atomic E-state index is -0.487. The Hall–Kier alpha value is -0.650. The summed E-state index contributed by atoms with van der Waals surface area (Å²) in [5.41, 5.74) is 3.28. The van der Waals surface area contributed by atoms with Crippen LogP contribution in [0.25, 0.3) is 22.8 Å². The van der Waals surface area contributed by atoms with Gasteiger partial charge in [-0.2, -0.15) is 0 Å². The first-order valence-electron chi connectivity index (χ1n) is 7.90. The summed E-state index contributed by atoms with van der Waals surface area (Å²) < 4.78 is 20.5. The zero-order valence-corrected chi connectivity index (χ0v) is 19.1. The maximum atomic E-state index is 5.13. The maximum Gasteiger partial charge on any atom is 0.373 e. The molecule has 28 heavy (non-hydrogen) atoms. The van der Waals surface area contributed by atoms with Crippen LogP contribution < -0.4 is 0 Å². The lowest BCUT2D eigenvalue weighted by Gasteiger charge is -2.18. The molecule has 0 aliphatic heterocycles. The zero-order valence-electron chi connectivity index (χ0n) is 14.5. The lowest BCUT2D eigenvalue weighted by Crippen LogP contribution is -2.05. The summed E-state index contributed by atoms with van der Waals surface area (Å²) in [6, 6.07) is 14.9. The number of hydrogen-bond donors (Lipinski definition) is 0. The van der Waals surface area contributed by atoms with E-state index in [2.05, 4.69) is 86.9 Å². The Kier molecular flexibility index (Phi) is 8.61. The van der Waals surface area contributed by atoms with E-state index >= 15 is 0 Å². The van der Waals surface area contributed by atoms with E-state index in [1.54, 1.807) is 0 Å². The van der Waals surface area contributed by atoms with Crippen LogP contribution in [-0.2, 0) is 15.2 Å². The quantitative estimate of drug-likeness (QED) is 0.387. The highest BCUT2D eigenvalue weighted by molar-refractivity contribution is 6.00. The molecule has 8 nitrogen and oxygen atoms in total. The van der Waals surface area contributed by atoms with Crippen LogP contribution in [0.1, 0.15) is 23.7 Å². The zero-order chi connectivity index (χ0) is 19.9. The molecule has 3 rings (SSSR count). The van der Waals surface area contributed by atoms with Gasteiger partial charge in [-0.15, -0.1) is 20.4 Å². The number of benzene rings is 2. The molecule has 3 aromatic rings. The van der Waals surface area contributed by atoms with Crippen LogP contribution in [0.5, 0.6) is 0 Å². The van der Waals surface area contributed by atoms with E-state index in [9.17, 15) is 0 Å². The predicted octanol–water partition coefficient (Wildman–Crippen LogP) is 0.998. The lowest BCUT2D eigenvalue weighted by molar-refractivity contribution is 0.0178. The van der Waals surface area contributed by atoms with Crippen molar-refractivity contribution in [2.24, 2.45) is 0 Å². The van der Waals surface area contributed by atoms with E-state index in [0.717, 1.165) is 22.3 Å². The van der Waals surface area contributed by atoms with Crippen LogP contribution in [0.2, 0.25) is 0 Å². The minimum Gasteiger partial charge on any atom is -0.494 e. The molecule has 1 aromatic heterocycles. The van der Waals surface area contributed by atoms with Gasteiger partial charge in [0.2, 0.25) is 11.6 Å². The van der Waals surface area contributed by atoms with Crippen LogP contribution in [0.15, 0.2) is 48.5 Å². The molecule has 8 radical (unpaired) electrons. The molecule has 0 atom stereocenters. The van der Waals surface area contributed by atoms with Crippen LogP contribution in [0.3, 0.4) is 0 Å². The summed E-state index contributed by atoms with van der Waals surface area (Å²) in [4.78, 5) is 0. The average molecular weight is 430 g/mol. The molecule has 2 aromatic carbocycles. The highest BCUT2D eigenvalue weighted by atomic mass is 27.1. The van der Waals surface area contributed by atoms with Gasteiger partial charge in [0.25, 0.3) is 0 Å². The molecule has 12 heteroatoms. The first-order chi connectivity index (χ1) is 13.7. The fraction of sp³-hybridized carbons (Fsp3) is 0.125. The third kappa shape index (κ3) is 5.28. The molecule has 0 aliphatic carbocycles. The fourth-order valence-electron chi connectivity index (χ4n) is 2.42. The Morgan fingerprint density at radius 1 is 0.500 bits per heavy atom. The van der Waals surface area contributed by atoms with Crippen molar-refractivity contribution in [2.75, 3.05) is 0 Å². The van der Waals surface area contributed by atoms with E-state index in [0.29, 0.717) is 11.6 Å². The molecular formula is C16H10Al4N4O4. The number of hydrogen-bond acceptors (Lipinski definition) is 8. The number of rotatable bonds is 8. The molecule has 1 heterocycles. The second-order valence-corrected chi connectivity index (χ2v) is 6.59. The largest absolute Gasteiger partial charge is 0.494 e. The van der Waals surface area contributed by atoms with Gasteiger partial charge in [-0.3, -0.25) is 0 Å². The minimum absolute atomic E-state index is 0.426. The lowest BCUT2D eigenvalue weighted by atomic mass is 10.1. The molecule has 0 spiro atoms. The Labute approximate surface area is 196 Å². The summed E-state index contributed by atoms with van der Waals surface area (Å²) in [6.07, 6.45) is -0.973. The van der Waals surface area contributed by atoms with Crippen LogP contribution in [0, 0.1) is 0 Å². The van der Waals surface area contributed by atoms with Crippen molar-refractivity contribution in [3.05, 3.63) is 59.7 Å². The Balaban J connectivity index is 1.76. The van der Waals surface area contributed by atoms with Crippen LogP contribution in [-0.4, -0.2) is 86.9 Å². The first-order valence-corrected chi connectivity index (χ1v) is 9.79. The van der Waals surface area contributed by atoms with Crippen LogP contribution >= 0.6 is 0 Å². The summed E-state index contributed by atoms with van der Waals surface area (Å²) in [6.45, 7) is 0. The first kappa shape index (κ1) is 22.0. The fourth-order valence-corrected chi connectivity index (χ4v) is 3.56. The van der Waals surface area contributed by atoms with Crippen molar-refractivity contribution in [3.63, 3.8) is 0 Å². The van der Waals surface area contributed by atoms with Gasteiger partial charge in [-0.25, -0.2) is 0 Å². The molecule has 0 unspecified atom stereocenters. The van der Waals surface area contributed by atoms with Gasteiger partial charge in [0.15, 0.2) is 0 Å². The molecule has 0 saturated carbocycles. The van der Waals surface area contributed by atoms with E-state index in [1.165, 1.54) is 0 Å².